The van der Waals surface area contributed by atoms with Crippen molar-refractivity contribution >= 4 is 40.5 Å². The highest BCUT2D eigenvalue weighted by atomic mass is 35.5. The zero-order valence-electron chi connectivity index (χ0n) is 13.9. The van der Waals surface area contributed by atoms with Gasteiger partial charge in [0.1, 0.15) is 0 Å². The number of rotatable bonds is 4. The van der Waals surface area contributed by atoms with Crippen LogP contribution in [0.3, 0.4) is 0 Å². The van der Waals surface area contributed by atoms with E-state index in [0.29, 0.717) is 22.0 Å². The van der Waals surface area contributed by atoms with E-state index < -0.39 is 10.8 Å². The van der Waals surface area contributed by atoms with Crippen molar-refractivity contribution in [3.05, 3.63) is 63.2 Å². The van der Waals surface area contributed by atoms with E-state index in [-0.39, 0.29) is 30.5 Å². The maximum Gasteiger partial charge on any atom is 0.274 e. The molecule has 2 aromatic carbocycles. The van der Waals surface area contributed by atoms with Gasteiger partial charge in [0.05, 0.1) is 22.1 Å². The molecular formula is C18H16ClN3O4. The zero-order chi connectivity index (χ0) is 18.8. The van der Waals surface area contributed by atoms with E-state index in [1.54, 1.807) is 37.3 Å². The molecule has 2 amide bonds. The van der Waals surface area contributed by atoms with Crippen molar-refractivity contribution in [1.82, 2.24) is 0 Å². The van der Waals surface area contributed by atoms with Gasteiger partial charge in [0.25, 0.3) is 5.69 Å². The first-order valence-corrected chi connectivity index (χ1v) is 8.35. The lowest BCUT2D eigenvalue weighted by molar-refractivity contribution is -0.385. The molecule has 8 heteroatoms. The van der Waals surface area contributed by atoms with Crippen molar-refractivity contribution in [3.8, 4) is 0 Å². The van der Waals surface area contributed by atoms with Crippen molar-refractivity contribution < 1.29 is 14.5 Å². The second kappa shape index (κ2) is 7.13. The number of nitrogens with one attached hydrogen (secondary N) is 1. The third kappa shape index (κ3) is 3.52. The Morgan fingerprint density at radius 2 is 2.04 bits per heavy atom. The zero-order valence-corrected chi connectivity index (χ0v) is 14.7. The predicted molar refractivity (Wildman–Crippen MR) is 98.4 cm³/mol. The molecule has 1 atom stereocenters. The topological polar surface area (TPSA) is 92.6 Å². The second-order valence-electron chi connectivity index (χ2n) is 6.08. The Morgan fingerprint density at radius 3 is 2.73 bits per heavy atom. The van der Waals surface area contributed by atoms with Gasteiger partial charge in [-0.3, -0.25) is 19.7 Å². The molecule has 1 aliphatic heterocycles. The van der Waals surface area contributed by atoms with Gasteiger partial charge < -0.3 is 10.2 Å². The fourth-order valence-corrected chi connectivity index (χ4v) is 3.15. The molecule has 134 valence electrons. The van der Waals surface area contributed by atoms with Crippen molar-refractivity contribution in [2.24, 2.45) is 5.92 Å². The van der Waals surface area contributed by atoms with Crippen LogP contribution in [0.25, 0.3) is 0 Å². The molecule has 1 heterocycles. The largest absolute Gasteiger partial charge is 0.325 e. The van der Waals surface area contributed by atoms with E-state index in [1.807, 2.05) is 0 Å². The lowest BCUT2D eigenvalue weighted by Gasteiger charge is -2.17. The van der Waals surface area contributed by atoms with E-state index in [1.165, 1.54) is 17.0 Å². The van der Waals surface area contributed by atoms with Crippen LogP contribution < -0.4 is 10.2 Å². The lowest BCUT2D eigenvalue weighted by atomic mass is 10.1. The summed E-state index contributed by atoms with van der Waals surface area (Å²) >= 11 is 5.96. The summed E-state index contributed by atoms with van der Waals surface area (Å²) in [6.07, 6.45) is 0.0757. The third-order valence-corrected chi connectivity index (χ3v) is 4.61. The molecule has 1 saturated heterocycles. The molecule has 0 saturated carbocycles. The molecule has 0 spiro atoms. The SMILES string of the molecule is Cc1c(NC(=O)C2CC(=O)N(c3cccc(Cl)c3)C2)cccc1[N+](=O)[O-]. The van der Waals surface area contributed by atoms with Crippen molar-refractivity contribution in [2.45, 2.75) is 13.3 Å². The van der Waals surface area contributed by atoms with Crippen LogP contribution in [0.15, 0.2) is 42.5 Å². The maximum absolute atomic E-state index is 12.6. The number of benzene rings is 2. The number of carbonyl (C=O) groups excluding carboxylic acids is 2. The fraction of sp³-hybridized carbons (Fsp3) is 0.222. The number of nitro groups is 1. The highest BCUT2D eigenvalue weighted by Crippen LogP contribution is 2.29. The maximum atomic E-state index is 12.6. The summed E-state index contributed by atoms with van der Waals surface area (Å²) in [7, 11) is 0. The van der Waals surface area contributed by atoms with Crippen molar-refractivity contribution in [2.75, 3.05) is 16.8 Å². The number of amides is 2. The number of nitrogens with zero attached hydrogens (tertiary/aromatic N) is 2. The van der Waals surface area contributed by atoms with Crippen LogP contribution in [0.1, 0.15) is 12.0 Å². The smallest absolute Gasteiger partial charge is 0.274 e. The molecule has 3 rings (SSSR count). The first-order chi connectivity index (χ1) is 12.4. The molecule has 7 nitrogen and oxygen atoms in total. The van der Waals surface area contributed by atoms with Crippen LogP contribution in [0.5, 0.6) is 0 Å². The molecule has 1 fully saturated rings. The third-order valence-electron chi connectivity index (χ3n) is 4.38. The van der Waals surface area contributed by atoms with Gasteiger partial charge in [-0.1, -0.05) is 23.7 Å². The highest BCUT2D eigenvalue weighted by Gasteiger charge is 2.35. The van der Waals surface area contributed by atoms with Crippen LogP contribution in [-0.4, -0.2) is 23.3 Å². The quantitative estimate of drug-likeness (QED) is 0.655. The predicted octanol–water partition coefficient (Wildman–Crippen LogP) is 3.55. The first-order valence-electron chi connectivity index (χ1n) is 7.97. The summed E-state index contributed by atoms with van der Waals surface area (Å²) in [6.45, 7) is 1.81. The van der Waals surface area contributed by atoms with Gasteiger partial charge in [0, 0.05) is 29.7 Å². The summed E-state index contributed by atoms with van der Waals surface area (Å²) in [4.78, 5) is 36.9. The molecular weight excluding hydrogens is 358 g/mol. The Labute approximate surface area is 154 Å². The second-order valence-corrected chi connectivity index (χ2v) is 6.52. The monoisotopic (exact) mass is 373 g/mol. The lowest BCUT2D eigenvalue weighted by Crippen LogP contribution is -2.28. The molecule has 2 aromatic rings. The van der Waals surface area contributed by atoms with Gasteiger partial charge in [0.15, 0.2) is 0 Å². The summed E-state index contributed by atoms with van der Waals surface area (Å²) in [5.74, 6) is -1.05. The van der Waals surface area contributed by atoms with Gasteiger partial charge >= 0.3 is 0 Å². The van der Waals surface area contributed by atoms with Gasteiger partial charge in [-0.05, 0) is 31.2 Å². The number of anilines is 2. The molecule has 0 aromatic heterocycles. The summed E-state index contributed by atoms with van der Waals surface area (Å²) < 4.78 is 0. The Morgan fingerprint density at radius 1 is 1.31 bits per heavy atom. The Balaban J connectivity index is 1.75. The highest BCUT2D eigenvalue weighted by molar-refractivity contribution is 6.31. The molecule has 0 radical (unpaired) electrons. The fourth-order valence-electron chi connectivity index (χ4n) is 2.97. The number of hydrogen-bond donors (Lipinski definition) is 1. The molecule has 26 heavy (non-hydrogen) atoms. The van der Waals surface area contributed by atoms with E-state index in [9.17, 15) is 19.7 Å². The molecule has 1 unspecified atom stereocenters. The Hall–Kier alpha value is -2.93. The summed E-state index contributed by atoms with van der Waals surface area (Å²) in [5, 5.41) is 14.2. The van der Waals surface area contributed by atoms with Gasteiger partial charge in [-0.2, -0.15) is 0 Å². The summed E-state index contributed by atoms with van der Waals surface area (Å²) in [6, 6.07) is 11.4. The standard InChI is InChI=1S/C18H16ClN3O4/c1-11-15(6-3-7-16(11)22(25)26)20-18(24)12-8-17(23)21(10-12)14-5-2-4-13(19)9-14/h2-7,9,12H,8,10H2,1H3,(H,20,24). The minimum Gasteiger partial charge on any atom is -0.325 e. The Bertz CT molecular complexity index is 900. The number of carbonyl (C=O) groups is 2. The average Bonchev–Trinajstić information content (AvgIpc) is 2.98. The van der Waals surface area contributed by atoms with Crippen LogP contribution in [0.4, 0.5) is 17.1 Å². The number of hydrogen-bond acceptors (Lipinski definition) is 4. The van der Waals surface area contributed by atoms with E-state index in [0.717, 1.165) is 0 Å². The van der Waals surface area contributed by atoms with Crippen LogP contribution in [-0.2, 0) is 9.59 Å². The number of nitro benzene ring substituents is 1. The molecule has 0 bridgehead atoms. The van der Waals surface area contributed by atoms with Gasteiger partial charge in [-0.25, -0.2) is 0 Å². The van der Waals surface area contributed by atoms with Gasteiger partial charge in [-0.15, -0.1) is 0 Å². The first kappa shape index (κ1) is 17.9. The normalized spacial score (nSPS) is 16.6. The molecule has 1 aliphatic rings. The minimum absolute atomic E-state index is 0.0640. The van der Waals surface area contributed by atoms with Crippen molar-refractivity contribution in [1.29, 1.82) is 0 Å². The van der Waals surface area contributed by atoms with E-state index >= 15 is 0 Å². The molecule has 0 aliphatic carbocycles. The van der Waals surface area contributed by atoms with Crippen LogP contribution >= 0.6 is 11.6 Å². The minimum atomic E-state index is -0.542. The van der Waals surface area contributed by atoms with Crippen LogP contribution in [0.2, 0.25) is 5.02 Å². The van der Waals surface area contributed by atoms with E-state index in [4.69, 9.17) is 11.6 Å². The average molecular weight is 374 g/mol. The van der Waals surface area contributed by atoms with Crippen LogP contribution in [0, 0.1) is 23.0 Å². The van der Waals surface area contributed by atoms with Crippen molar-refractivity contribution in [3.63, 3.8) is 0 Å². The Kier molecular flexibility index (Phi) is 4.90. The van der Waals surface area contributed by atoms with E-state index in [2.05, 4.69) is 5.32 Å². The van der Waals surface area contributed by atoms with Gasteiger partial charge in [0.2, 0.25) is 11.8 Å². The number of halogens is 1. The molecule has 1 N–H and O–H groups in total. The summed E-state index contributed by atoms with van der Waals surface area (Å²) in [5.41, 5.74) is 1.33.